The maximum Gasteiger partial charge on any atom is 0.128 e. The minimum absolute atomic E-state index is 0.454. The lowest BCUT2D eigenvalue weighted by Crippen LogP contribution is -2.34. The van der Waals surface area contributed by atoms with E-state index in [0.29, 0.717) is 6.04 Å². The molecule has 1 atom stereocenters. The van der Waals surface area contributed by atoms with Crippen molar-refractivity contribution in [2.45, 2.75) is 39.3 Å². The molecule has 5 heteroatoms. The van der Waals surface area contributed by atoms with Crippen LogP contribution in [-0.2, 0) is 11.3 Å². The van der Waals surface area contributed by atoms with E-state index in [4.69, 9.17) is 4.74 Å². The Morgan fingerprint density at radius 1 is 1.39 bits per heavy atom. The second kappa shape index (κ2) is 8.56. The number of nitrogens with one attached hydrogen (secondary N) is 1. The quantitative estimate of drug-likeness (QED) is 0.877. The first-order valence-electron chi connectivity index (χ1n) is 6.50. The monoisotopic (exact) mass is 315 g/mol. The van der Waals surface area contributed by atoms with Crippen molar-refractivity contribution in [3.63, 3.8) is 0 Å². The summed E-state index contributed by atoms with van der Waals surface area (Å²) in [6, 6.07) is 4.34. The number of hydrogen-bond acceptors (Lipinski definition) is 4. The second-order valence-electron chi connectivity index (χ2n) is 4.13. The number of methoxy groups -OCH3 is 1. The lowest BCUT2D eigenvalue weighted by Gasteiger charge is -2.16. The smallest absolute Gasteiger partial charge is 0.128 e. The minimum Gasteiger partial charge on any atom is -0.383 e. The van der Waals surface area contributed by atoms with E-state index in [0.717, 1.165) is 29.4 Å². The number of nitrogens with zero attached hydrogens (tertiary/aromatic N) is 2. The van der Waals surface area contributed by atoms with E-state index in [-0.39, 0.29) is 0 Å². The summed E-state index contributed by atoms with van der Waals surface area (Å²) in [5.74, 6) is 0.781. The highest BCUT2D eigenvalue weighted by atomic mass is 79.9. The molecule has 1 aromatic rings. The molecule has 1 saturated carbocycles. The SMILES string of the molecule is CC.COCC(NCc1ccc(Br)nn1)C1CC1. The number of aromatic nitrogens is 2. The summed E-state index contributed by atoms with van der Waals surface area (Å²) in [4.78, 5) is 0. The third kappa shape index (κ3) is 5.42. The van der Waals surface area contributed by atoms with Crippen molar-refractivity contribution in [2.24, 2.45) is 5.92 Å². The van der Waals surface area contributed by atoms with Gasteiger partial charge in [-0.25, -0.2) is 0 Å². The molecule has 18 heavy (non-hydrogen) atoms. The molecule has 0 aromatic carbocycles. The molecule has 1 heterocycles. The molecule has 1 aliphatic rings. The molecule has 0 bridgehead atoms. The van der Waals surface area contributed by atoms with Crippen LogP contribution >= 0.6 is 15.9 Å². The van der Waals surface area contributed by atoms with Gasteiger partial charge in [-0.3, -0.25) is 0 Å². The van der Waals surface area contributed by atoms with Crippen molar-refractivity contribution in [3.8, 4) is 0 Å². The summed E-state index contributed by atoms with van der Waals surface area (Å²) in [5, 5.41) is 11.5. The molecule has 4 nitrogen and oxygen atoms in total. The molecule has 2 rings (SSSR count). The summed E-state index contributed by atoms with van der Waals surface area (Å²) in [6.07, 6.45) is 2.63. The van der Waals surface area contributed by atoms with Crippen molar-refractivity contribution < 1.29 is 4.74 Å². The number of hydrogen-bond donors (Lipinski definition) is 1. The molecule has 0 spiro atoms. The molecule has 0 saturated heterocycles. The summed E-state index contributed by atoms with van der Waals surface area (Å²) < 4.78 is 5.98. The Balaban J connectivity index is 0.000000771. The lowest BCUT2D eigenvalue weighted by atomic mass is 10.2. The van der Waals surface area contributed by atoms with Gasteiger partial charge in [-0.1, -0.05) is 13.8 Å². The Morgan fingerprint density at radius 2 is 2.11 bits per heavy atom. The van der Waals surface area contributed by atoms with E-state index in [1.165, 1.54) is 12.8 Å². The molecule has 1 fully saturated rings. The fourth-order valence-electron chi connectivity index (χ4n) is 1.71. The largest absolute Gasteiger partial charge is 0.383 e. The Hall–Kier alpha value is -0.520. The van der Waals surface area contributed by atoms with Gasteiger partial charge < -0.3 is 10.1 Å². The molecule has 0 amide bonds. The highest BCUT2D eigenvalue weighted by molar-refractivity contribution is 9.10. The van der Waals surface area contributed by atoms with Gasteiger partial charge in [0.2, 0.25) is 0 Å². The summed E-state index contributed by atoms with van der Waals surface area (Å²) in [6.45, 7) is 5.53. The first-order chi connectivity index (χ1) is 8.79. The zero-order valence-corrected chi connectivity index (χ0v) is 12.9. The highest BCUT2D eigenvalue weighted by Crippen LogP contribution is 2.32. The second-order valence-corrected chi connectivity index (χ2v) is 4.94. The van der Waals surface area contributed by atoms with E-state index in [9.17, 15) is 0 Å². The van der Waals surface area contributed by atoms with Crippen LogP contribution < -0.4 is 5.32 Å². The van der Waals surface area contributed by atoms with Crippen molar-refractivity contribution in [3.05, 3.63) is 22.4 Å². The van der Waals surface area contributed by atoms with Crippen LogP contribution in [-0.4, -0.2) is 30.0 Å². The van der Waals surface area contributed by atoms with Gasteiger partial charge in [0.15, 0.2) is 0 Å². The third-order valence-electron chi connectivity index (χ3n) is 2.77. The van der Waals surface area contributed by atoms with E-state index >= 15 is 0 Å². The standard InChI is InChI=1S/C11H16BrN3O.C2H6/c1-16-7-10(8-2-3-8)13-6-9-4-5-11(12)15-14-9;1-2/h4-5,8,10,13H,2-3,6-7H2,1H3;1-2H3. The van der Waals surface area contributed by atoms with Crippen LogP contribution in [0.15, 0.2) is 16.7 Å². The van der Waals surface area contributed by atoms with Gasteiger partial charge in [-0.05, 0) is 46.8 Å². The van der Waals surface area contributed by atoms with Crippen LogP contribution in [0.2, 0.25) is 0 Å². The first kappa shape index (κ1) is 15.5. The van der Waals surface area contributed by atoms with Gasteiger partial charge >= 0.3 is 0 Å². The van der Waals surface area contributed by atoms with Crippen LogP contribution in [0.3, 0.4) is 0 Å². The van der Waals surface area contributed by atoms with Crippen molar-refractivity contribution >= 4 is 15.9 Å². The maximum absolute atomic E-state index is 5.21. The molecule has 0 radical (unpaired) electrons. The van der Waals surface area contributed by atoms with Gasteiger partial charge in [0.05, 0.1) is 12.3 Å². The first-order valence-corrected chi connectivity index (χ1v) is 7.29. The van der Waals surface area contributed by atoms with Crippen LogP contribution in [0, 0.1) is 5.92 Å². The topological polar surface area (TPSA) is 47.0 Å². The van der Waals surface area contributed by atoms with Crippen LogP contribution in [0.25, 0.3) is 0 Å². The Kier molecular flexibility index (Phi) is 7.39. The molecule has 1 unspecified atom stereocenters. The Labute approximate surface area is 118 Å². The van der Waals surface area contributed by atoms with Crippen molar-refractivity contribution in [1.82, 2.24) is 15.5 Å². The number of ether oxygens (including phenoxy) is 1. The van der Waals surface area contributed by atoms with Gasteiger partial charge in [-0.2, -0.15) is 5.10 Å². The predicted molar refractivity (Wildman–Crippen MR) is 76.3 cm³/mol. The molecular formula is C13H22BrN3O. The summed E-state index contributed by atoms with van der Waals surface area (Å²) in [7, 11) is 1.75. The Bertz CT molecular complexity index is 328. The van der Waals surface area contributed by atoms with E-state index in [1.54, 1.807) is 7.11 Å². The zero-order chi connectivity index (χ0) is 13.4. The molecule has 102 valence electrons. The maximum atomic E-state index is 5.21. The van der Waals surface area contributed by atoms with Gasteiger partial charge in [0, 0.05) is 19.7 Å². The lowest BCUT2D eigenvalue weighted by molar-refractivity contribution is 0.156. The van der Waals surface area contributed by atoms with Gasteiger partial charge in [0.25, 0.3) is 0 Å². The van der Waals surface area contributed by atoms with Crippen LogP contribution in [0.5, 0.6) is 0 Å². The van der Waals surface area contributed by atoms with E-state index in [2.05, 4.69) is 31.4 Å². The number of halogens is 1. The summed E-state index contributed by atoms with van der Waals surface area (Å²) in [5.41, 5.74) is 0.963. The average molecular weight is 316 g/mol. The highest BCUT2D eigenvalue weighted by Gasteiger charge is 2.30. The van der Waals surface area contributed by atoms with Crippen LogP contribution in [0.4, 0.5) is 0 Å². The fourth-order valence-corrected chi connectivity index (χ4v) is 1.92. The van der Waals surface area contributed by atoms with Gasteiger partial charge in [-0.15, -0.1) is 5.10 Å². The minimum atomic E-state index is 0.454. The van der Waals surface area contributed by atoms with E-state index in [1.807, 2.05) is 26.0 Å². The number of rotatable bonds is 6. The van der Waals surface area contributed by atoms with Crippen LogP contribution in [0.1, 0.15) is 32.4 Å². The fraction of sp³-hybridized carbons (Fsp3) is 0.692. The molecule has 0 aliphatic heterocycles. The van der Waals surface area contributed by atoms with Crippen molar-refractivity contribution in [1.29, 1.82) is 0 Å². The van der Waals surface area contributed by atoms with E-state index < -0.39 is 0 Å². The molecule has 1 aromatic heterocycles. The normalized spacial score (nSPS) is 15.8. The molecule has 1 N–H and O–H groups in total. The molecule has 1 aliphatic carbocycles. The summed E-state index contributed by atoms with van der Waals surface area (Å²) >= 11 is 3.27. The average Bonchev–Trinajstić information content (AvgIpc) is 3.23. The predicted octanol–water partition coefficient (Wildman–Crippen LogP) is 2.78. The Morgan fingerprint density at radius 3 is 2.61 bits per heavy atom. The molecular weight excluding hydrogens is 294 g/mol. The third-order valence-corrected chi connectivity index (χ3v) is 3.19. The zero-order valence-electron chi connectivity index (χ0n) is 11.3. The van der Waals surface area contributed by atoms with Crippen molar-refractivity contribution in [2.75, 3.05) is 13.7 Å². The van der Waals surface area contributed by atoms with Gasteiger partial charge in [0.1, 0.15) is 4.60 Å².